The SMILES string of the molecule is CC1CCC(=O)N2CCCC12. The van der Waals surface area contributed by atoms with Crippen LogP contribution in [0.2, 0.25) is 0 Å². The van der Waals surface area contributed by atoms with Crippen LogP contribution in [0.1, 0.15) is 32.6 Å². The number of hydrogen-bond donors (Lipinski definition) is 0. The number of carbonyl (C=O) groups is 1. The molecule has 2 rings (SSSR count). The van der Waals surface area contributed by atoms with Gasteiger partial charge in [-0.2, -0.15) is 0 Å². The van der Waals surface area contributed by atoms with Crippen molar-refractivity contribution in [3.05, 3.63) is 0 Å². The minimum absolute atomic E-state index is 0.394. The second-order valence-electron chi connectivity index (χ2n) is 3.81. The number of amides is 1. The van der Waals surface area contributed by atoms with Gasteiger partial charge in [0.15, 0.2) is 0 Å². The van der Waals surface area contributed by atoms with Crippen molar-refractivity contribution in [1.29, 1.82) is 0 Å². The zero-order valence-corrected chi connectivity index (χ0v) is 7.05. The normalized spacial score (nSPS) is 37.5. The fourth-order valence-electron chi connectivity index (χ4n) is 2.38. The fourth-order valence-corrected chi connectivity index (χ4v) is 2.38. The molecule has 2 heterocycles. The Kier molecular flexibility index (Phi) is 1.63. The predicted octanol–water partition coefficient (Wildman–Crippen LogP) is 1.41. The Hall–Kier alpha value is -0.530. The molecule has 2 saturated heterocycles. The van der Waals surface area contributed by atoms with Gasteiger partial charge in [-0.05, 0) is 25.2 Å². The molecule has 2 aliphatic heterocycles. The predicted molar refractivity (Wildman–Crippen MR) is 43.1 cm³/mol. The van der Waals surface area contributed by atoms with E-state index in [-0.39, 0.29) is 0 Å². The average molecular weight is 153 g/mol. The molecule has 0 radical (unpaired) electrons. The number of carbonyl (C=O) groups excluding carboxylic acids is 1. The fraction of sp³-hybridized carbons (Fsp3) is 0.889. The summed E-state index contributed by atoms with van der Waals surface area (Å²) in [6.07, 6.45) is 4.37. The highest BCUT2D eigenvalue weighted by Gasteiger charge is 2.35. The summed E-state index contributed by atoms with van der Waals surface area (Å²) in [4.78, 5) is 13.4. The van der Waals surface area contributed by atoms with Gasteiger partial charge in [0.05, 0.1) is 0 Å². The lowest BCUT2D eigenvalue weighted by Crippen LogP contribution is -2.43. The molecule has 0 aromatic carbocycles. The van der Waals surface area contributed by atoms with E-state index in [4.69, 9.17) is 0 Å². The topological polar surface area (TPSA) is 20.3 Å². The van der Waals surface area contributed by atoms with Crippen molar-refractivity contribution in [2.24, 2.45) is 5.92 Å². The summed E-state index contributed by atoms with van der Waals surface area (Å²) in [5.74, 6) is 1.14. The number of rotatable bonds is 0. The van der Waals surface area contributed by atoms with Gasteiger partial charge < -0.3 is 4.90 Å². The quantitative estimate of drug-likeness (QED) is 0.515. The zero-order valence-electron chi connectivity index (χ0n) is 7.05. The summed E-state index contributed by atoms with van der Waals surface area (Å²) in [6, 6.07) is 0.594. The van der Waals surface area contributed by atoms with Crippen molar-refractivity contribution in [3.63, 3.8) is 0 Å². The molecule has 2 atom stereocenters. The van der Waals surface area contributed by atoms with E-state index in [2.05, 4.69) is 11.8 Å². The van der Waals surface area contributed by atoms with Crippen molar-refractivity contribution in [2.75, 3.05) is 6.54 Å². The molecule has 0 N–H and O–H groups in total. The Morgan fingerprint density at radius 3 is 3.00 bits per heavy atom. The summed E-state index contributed by atoms with van der Waals surface area (Å²) < 4.78 is 0. The molecule has 62 valence electrons. The number of nitrogens with zero attached hydrogens (tertiary/aromatic N) is 1. The van der Waals surface area contributed by atoms with Gasteiger partial charge in [0.1, 0.15) is 0 Å². The van der Waals surface area contributed by atoms with Crippen LogP contribution in [0.15, 0.2) is 0 Å². The molecular formula is C9H15NO. The second-order valence-corrected chi connectivity index (χ2v) is 3.81. The first kappa shape index (κ1) is 7.14. The minimum atomic E-state index is 0.394. The lowest BCUT2D eigenvalue weighted by Gasteiger charge is -2.34. The first-order valence-electron chi connectivity index (χ1n) is 4.58. The molecule has 11 heavy (non-hydrogen) atoms. The maximum atomic E-state index is 11.3. The van der Waals surface area contributed by atoms with Gasteiger partial charge in [0.25, 0.3) is 0 Å². The summed E-state index contributed by atoms with van der Waals surface area (Å²) in [6.45, 7) is 3.29. The van der Waals surface area contributed by atoms with Gasteiger partial charge in [0, 0.05) is 19.0 Å². The van der Waals surface area contributed by atoms with Crippen LogP contribution in [0, 0.1) is 5.92 Å². The lowest BCUT2D eigenvalue weighted by atomic mass is 9.91. The molecule has 2 unspecified atom stereocenters. The number of fused-ring (bicyclic) bond motifs is 1. The van der Waals surface area contributed by atoms with Crippen LogP contribution in [0.4, 0.5) is 0 Å². The first-order valence-corrected chi connectivity index (χ1v) is 4.58. The summed E-state index contributed by atoms with van der Waals surface area (Å²) in [5, 5.41) is 0. The van der Waals surface area contributed by atoms with E-state index in [0.717, 1.165) is 25.3 Å². The average Bonchev–Trinajstić information content (AvgIpc) is 2.45. The third-order valence-electron chi connectivity index (χ3n) is 3.09. The molecule has 2 heteroatoms. The Bertz CT molecular complexity index is 178. The summed E-state index contributed by atoms with van der Waals surface area (Å²) in [7, 11) is 0. The molecule has 2 aliphatic rings. The highest BCUT2D eigenvalue weighted by Crippen LogP contribution is 2.31. The summed E-state index contributed by atoms with van der Waals surface area (Å²) >= 11 is 0. The van der Waals surface area contributed by atoms with Gasteiger partial charge in [0.2, 0.25) is 5.91 Å². The van der Waals surface area contributed by atoms with Crippen LogP contribution in [0.3, 0.4) is 0 Å². The molecule has 0 bridgehead atoms. The van der Waals surface area contributed by atoms with Crippen molar-refractivity contribution in [3.8, 4) is 0 Å². The Balaban J connectivity index is 2.14. The van der Waals surface area contributed by atoms with Gasteiger partial charge in [-0.25, -0.2) is 0 Å². The first-order chi connectivity index (χ1) is 5.29. The molecule has 0 spiro atoms. The van der Waals surface area contributed by atoms with E-state index in [1.807, 2.05) is 0 Å². The monoisotopic (exact) mass is 153 g/mol. The van der Waals surface area contributed by atoms with Gasteiger partial charge in [-0.3, -0.25) is 4.79 Å². The number of hydrogen-bond acceptors (Lipinski definition) is 1. The van der Waals surface area contributed by atoms with Gasteiger partial charge >= 0.3 is 0 Å². The van der Waals surface area contributed by atoms with Crippen LogP contribution in [0.25, 0.3) is 0 Å². The largest absolute Gasteiger partial charge is 0.339 e. The van der Waals surface area contributed by atoms with Crippen molar-refractivity contribution in [1.82, 2.24) is 4.90 Å². The maximum Gasteiger partial charge on any atom is 0.222 e. The van der Waals surface area contributed by atoms with Crippen molar-refractivity contribution in [2.45, 2.75) is 38.6 Å². The van der Waals surface area contributed by atoms with E-state index in [0.29, 0.717) is 11.9 Å². The van der Waals surface area contributed by atoms with Gasteiger partial charge in [-0.1, -0.05) is 6.92 Å². The third kappa shape index (κ3) is 1.05. The van der Waals surface area contributed by atoms with E-state index in [1.165, 1.54) is 12.8 Å². The van der Waals surface area contributed by atoms with E-state index in [1.54, 1.807) is 0 Å². The van der Waals surface area contributed by atoms with Crippen molar-refractivity contribution >= 4 is 5.91 Å². The summed E-state index contributed by atoms with van der Waals surface area (Å²) in [5.41, 5.74) is 0. The molecular weight excluding hydrogens is 138 g/mol. The van der Waals surface area contributed by atoms with Crippen LogP contribution in [-0.2, 0) is 4.79 Å². The molecule has 2 nitrogen and oxygen atoms in total. The standard InChI is InChI=1S/C9H15NO/c1-7-4-5-9(11)10-6-2-3-8(7)10/h7-8H,2-6H2,1H3. The third-order valence-corrected chi connectivity index (χ3v) is 3.09. The highest BCUT2D eigenvalue weighted by molar-refractivity contribution is 5.77. The highest BCUT2D eigenvalue weighted by atomic mass is 16.2. The Labute approximate surface area is 67.6 Å². The van der Waals surface area contributed by atoms with Crippen LogP contribution < -0.4 is 0 Å². The lowest BCUT2D eigenvalue weighted by molar-refractivity contribution is -0.136. The van der Waals surface area contributed by atoms with E-state index < -0.39 is 0 Å². The van der Waals surface area contributed by atoms with Crippen LogP contribution in [0.5, 0.6) is 0 Å². The number of piperidine rings is 1. The molecule has 1 amide bonds. The van der Waals surface area contributed by atoms with Crippen molar-refractivity contribution < 1.29 is 4.79 Å². The Morgan fingerprint density at radius 2 is 2.27 bits per heavy atom. The molecule has 2 fully saturated rings. The Morgan fingerprint density at radius 1 is 1.45 bits per heavy atom. The van der Waals surface area contributed by atoms with Crippen LogP contribution >= 0.6 is 0 Å². The molecule has 0 aromatic rings. The minimum Gasteiger partial charge on any atom is -0.339 e. The zero-order chi connectivity index (χ0) is 7.84. The smallest absolute Gasteiger partial charge is 0.222 e. The molecule has 0 aromatic heterocycles. The van der Waals surface area contributed by atoms with Gasteiger partial charge in [-0.15, -0.1) is 0 Å². The molecule has 0 aliphatic carbocycles. The van der Waals surface area contributed by atoms with E-state index in [9.17, 15) is 4.79 Å². The second kappa shape index (κ2) is 2.50. The van der Waals surface area contributed by atoms with E-state index >= 15 is 0 Å². The molecule has 0 saturated carbocycles. The van der Waals surface area contributed by atoms with Crippen LogP contribution in [-0.4, -0.2) is 23.4 Å². The maximum absolute atomic E-state index is 11.3.